The van der Waals surface area contributed by atoms with Gasteiger partial charge in [-0.15, -0.1) is 0 Å². The first-order chi connectivity index (χ1) is 14.2. The predicted octanol–water partition coefficient (Wildman–Crippen LogP) is 6.74. The molecule has 0 saturated carbocycles. The van der Waals surface area contributed by atoms with Gasteiger partial charge in [-0.25, -0.2) is 0 Å². The minimum Gasteiger partial charge on any atom is -0.382 e. The number of aliphatic hydroxyl groups is 2. The smallest absolute Gasteiger partial charge is 0.102 e. The second-order valence-corrected chi connectivity index (χ2v) is 9.28. The minimum atomic E-state index is -0.433. The van der Waals surface area contributed by atoms with Gasteiger partial charge in [0.05, 0.1) is 0 Å². The van der Waals surface area contributed by atoms with E-state index in [1.807, 2.05) is 0 Å². The Balaban J connectivity index is 1.39. The topological polar surface area (TPSA) is 40.5 Å². The molecule has 2 atom stereocenters. The summed E-state index contributed by atoms with van der Waals surface area (Å²) in [6, 6.07) is 21.2. The van der Waals surface area contributed by atoms with Gasteiger partial charge in [0, 0.05) is 0 Å². The van der Waals surface area contributed by atoms with E-state index in [2.05, 4.69) is 60.7 Å². The van der Waals surface area contributed by atoms with Crippen LogP contribution in [0.15, 0.2) is 60.7 Å². The molecule has 2 unspecified atom stereocenters. The molecule has 0 saturated heterocycles. The lowest BCUT2D eigenvalue weighted by molar-refractivity contribution is 0.219. The van der Waals surface area contributed by atoms with Gasteiger partial charge in [0.1, 0.15) is 10.9 Å². The Bertz CT molecular complexity index is 562. The zero-order chi connectivity index (χ0) is 20.6. The molecule has 0 aromatic heterocycles. The number of aryl methyl sites for hydroxylation is 2. The third-order valence-electron chi connectivity index (χ3n) is 5.33. The van der Waals surface area contributed by atoms with Crippen molar-refractivity contribution >= 4 is 11.8 Å². The summed E-state index contributed by atoms with van der Waals surface area (Å²) in [4.78, 5) is 0. The zero-order valence-corrected chi connectivity index (χ0v) is 18.5. The molecule has 0 aliphatic carbocycles. The van der Waals surface area contributed by atoms with E-state index in [9.17, 15) is 10.2 Å². The minimum absolute atomic E-state index is 0.433. The Morgan fingerprint density at radius 3 is 1.31 bits per heavy atom. The van der Waals surface area contributed by atoms with Gasteiger partial charge in [-0.3, -0.25) is 0 Å². The molecule has 0 spiro atoms. The lowest BCUT2D eigenvalue weighted by Crippen LogP contribution is -2.10. The van der Waals surface area contributed by atoms with E-state index >= 15 is 0 Å². The normalized spacial score (nSPS) is 13.3. The van der Waals surface area contributed by atoms with Gasteiger partial charge in [0.25, 0.3) is 0 Å². The summed E-state index contributed by atoms with van der Waals surface area (Å²) in [5.41, 5.74) is 1.95. The van der Waals surface area contributed by atoms with Gasteiger partial charge in [-0.2, -0.15) is 0 Å². The Hall–Kier alpha value is -1.29. The summed E-state index contributed by atoms with van der Waals surface area (Å²) in [6.45, 7) is 0. The van der Waals surface area contributed by atoms with Gasteiger partial charge in [-0.05, 0) is 49.7 Å². The number of unbranched alkanes of at least 4 members (excludes halogenated alkanes) is 6. The van der Waals surface area contributed by atoms with E-state index in [4.69, 9.17) is 0 Å². The van der Waals surface area contributed by atoms with Crippen LogP contribution in [0.1, 0.15) is 75.3 Å². The fourth-order valence-electron chi connectivity index (χ4n) is 3.61. The van der Waals surface area contributed by atoms with E-state index in [1.54, 1.807) is 0 Å². The van der Waals surface area contributed by atoms with Crippen LogP contribution in [0.4, 0.5) is 0 Å². The van der Waals surface area contributed by atoms with Crippen molar-refractivity contribution in [1.29, 1.82) is 0 Å². The van der Waals surface area contributed by atoms with Crippen LogP contribution in [0, 0.1) is 0 Å². The summed E-state index contributed by atoms with van der Waals surface area (Å²) in [5.74, 6) is 0. The van der Waals surface area contributed by atoms with Crippen molar-refractivity contribution in [2.45, 2.75) is 87.9 Å². The third kappa shape index (κ3) is 12.1. The van der Waals surface area contributed by atoms with Crippen molar-refractivity contribution in [3.63, 3.8) is 0 Å². The first-order valence-electron chi connectivity index (χ1n) is 11.3. The quantitative estimate of drug-likeness (QED) is 0.236. The molecule has 0 radical (unpaired) electrons. The molecule has 0 amide bonds. The highest BCUT2D eigenvalue weighted by Crippen LogP contribution is 2.23. The number of aliphatic hydroxyl groups excluding tert-OH is 2. The van der Waals surface area contributed by atoms with Crippen LogP contribution in [0.3, 0.4) is 0 Å². The van der Waals surface area contributed by atoms with Crippen LogP contribution >= 0.6 is 11.8 Å². The second-order valence-electron chi connectivity index (χ2n) is 7.92. The number of hydrogen-bond acceptors (Lipinski definition) is 3. The summed E-state index contributed by atoms with van der Waals surface area (Å²) >= 11 is 1.33. The zero-order valence-electron chi connectivity index (χ0n) is 17.7. The van der Waals surface area contributed by atoms with Crippen LogP contribution in [0.25, 0.3) is 0 Å². The van der Waals surface area contributed by atoms with E-state index < -0.39 is 10.9 Å². The molecule has 2 nitrogen and oxygen atoms in total. The molecule has 3 heteroatoms. The van der Waals surface area contributed by atoms with E-state index in [-0.39, 0.29) is 0 Å². The van der Waals surface area contributed by atoms with Crippen molar-refractivity contribution in [3.8, 4) is 0 Å². The summed E-state index contributed by atoms with van der Waals surface area (Å²) in [5, 5.41) is 20.2. The van der Waals surface area contributed by atoms with Crippen molar-refractivity contribution in [2.75, 3.05) is 0 Å². The van der Waals surface area contributed by atoms with E-state index in [0.29, 0.717) is 0 Å². The summed E-state index contributed by atoms with van der Waals surface area (Å²) in [6.07, 6.45) is 13.1. The highest BCUT2D eigenvalue weighted by Gasteiger charge is 2.11. The van der Waals surface area contributed by atoms with Gasteiger partial charge in [0.2, 0.25) is 0 Å². The summed E-state index contributed by atoms with van der Waals surface area (Å²) in [7, 11) is 0. The number of thioether (sulfide) groups is 1. The molecule has 2 rings (SSSR count). The molecule has 0 fully saturated rings. The van der Waals surface area contributed by atoms with Crippen molar-refractivity contribution in [1.82, 2.24) is 0 Å². The predicted molar refractivity (Wildman–Crippen MR) is 126 cm³/mol. The first kappa shape index (κ1) is 24.0. The fourth-order valence-corrected chi connectivity index (χ4v) is 4.58. The van der Waals surface area contributed by atoms with Gasteiger partial charge >= 0.3 is 0 Å². The number of rotatable bonds is 16. The Labute approximate surface area is 181 Å². The molecular formula is C26H38O2S. The SMILES string of the molecule is OC(CCCCCCc1ccccc1)SC(O)CCCCCCc1ccccc1. The monoisotopic (exact) mass is 414 g/mol. The standard InChI is InChI=1S/C26H38O2S/c27-25(21-13-3-1-7-15-23-17-9-5-10-18-23)29-26(28)22-14-4-2-8-16-24-19-11-6-12-20-24/h5-6,9-12,17-20,25-28H,1-4,7-8,13-16,21-22H2. The molecule has 0 bridgehead atoms. The van der Waals surface area contributed by atoms with Crippen LogP contribution in [0.5, 0.6) is 0 Å². The lowest BCUT2D eigenvalue weighted by Gasteiger charge is -2.15. The number of hydrogen-bond donors (Lipinski definition) is 2. The molecule has 0 aliphatic rings. The lowest BCUT2D eigenvalue weighted by atomic mass is 10.1. The summed E-state index contributed by atoms with van der Waals surface area (Å²) < 4.78 is 0. The average Bonchev–Trinajstić information content (AvgIpc) is 2.74. The van der Waals surface area contributed by atoms with Crippen molar-refractivity contribution < 1.29 is 10.2 Å². The van der Waals surface area contributed by atoms with E-state index in [1.165, 1.54) is 48.6 Å². The number of benzene rings is 2. The first-order valence-corrected chi connectivity index (χ1v) is 12.3. The van der Waals surface area contributed by atoms with Crippen molar-refractivity contribution in [3.05, 3.63) is 71.8 Å². The van der Waals surface area contributed by atoms with Crippen LogP contribution in [0.2, 0.25) is 0 Å². The Kier molecular flexibility index (Phi) is 12.8. The van der Waals surface area contributed by atoms with E-state index in [0.717, 1.165) is 51.4 Å². The van der Waals surface area contributed by atoms with Gasteiger partial charge in [-0.1, -0.05) is 111 Å². The average molecular weight is 415 g/mol. The Morgan fingerprint density at radius 2 is 0.897 bits per heavy atom. The van der Waals surface area contributed by atoms with Crippen LogP contribution in [-0.4, -0.2) is 21.1 Å². The maximum absolute atomic E-state index is 10.1. The third-order valence-corrected chi connectivity index (χ3v) is 6.43. The van der Waals surface area contributed by atoms with Crippen LogP contribution < -0.4 is 0 Å². The molecular weight excluding hydrogens is 376 g/mol. The van der Waals surface area contributed by atoms with Gasteiger partial charge in [0.15, 0.2) is 0 Å². The fraction of sp³-hybridized carbons (Fsp3) is 0.538. The molecule has 160 valence electrons. The largest absolute Gasteiger partial charge is 0.382 e. The van der Waals surface area contributed by atoms with Crippen LogP contribution in [-0.2, 0) is 12.8 Å². The highest BCUT2D eigenvalue weighted by molar-refractivity contribution is 8.00. The molecule has 0 aliphatic heterocycles. The molecule has 2 aromatic carbocycles. The Morgan fingerprint density at radius 1 is 0.517 bits per heavy atom. The molecule has 2 aromatic rings. The molecule has 29 heavy (non-hydrogen) atoms. The second kappa shape index (κ2) is 15.5. The maximum atomic E-state index is 10.1. The highest BCUT2D eigenvalue weighted by atomic mass is 32.2. The van der Waals surface area contributed by atoms with Gasteiger partial charge < -0.3 is 10.2 Å². The maximum Gasteiger partial charge on any atom is 0.102 e. The van der Waals surface area contributed by atoms with Crippen molar-refractivity contribution in [2.24, 2.45) is 0 Å². The molecule has 0 heterocycles. The molecule has 2 N–H and O–H groups in total.